The first-order valence-corrected chi connectivity index (χ1v) is 7.50. The van der Waals surface area contributed by atoms with Crippen LogP contribution < -0.4 is 0 Å². The molecule has 1 aromatic carbocycles. The van der Waals surface area contributed by atoms with Gasteiger partial charge in [-0.05, 0) is 36.0 Å². The van der Waals surface area contributed by atoms with E-state index in [0.29, 0.717) is 0 Å². The Bertz CT molecular complexity index is 461. The Balaban J connectivity index is 1.99. The molecule has 2 rings (SSSR count). The van der Waals surface area contributed by atoms with Gasteiger partial charge < -0.3 is 4.90 Å². The van der Waals surface area contributed by atoms with Gasteiger partial charge in [-0.1, -0.05) is 6.07 Å². The van der Waals surface area contributed by atoms with E-state index in [1.54, 1.807) is 11.9 Å². The normalized spacial score (nSPS) is 16.4. The summed E-state index contributed by atoms with van der Waals surface area (Å²) in [6, 6.07) is 3.59. The largest absolute Gasteiger partial charge is 0.342 e. The monoisotopic (exact) mass is 285 g/mol. The topological polar surface area (TPSA) is 20.3 Å². The first kappa shape index (κ1) is 14.3. The molecular weight excluding hydrogens is 268 g/mol. The quantitative estimate of drug-likeness (QED) is 0.851. The van der Waals surface area contributed by atoms with E-state index in [-0.39, 0.29) is 23.9 Å². The third-order valence-electron chi connectivity index (χ3n) is 3.49. The number of hydrogen-bond acceptors (Lipinski definition) is 2. The van der Waals surface area contributed by atoms with Gasteiger partial charge in [0.25, 0.3) is 0 Å². The first-order chi connectivity index (χ1) is 9.08. The Hall–Kier alpha value is -1.10. The van der Waals surface area contributed by atoms with Crippen LogP contribution in [-0.2, 0) is 11.2 Å². The summed E-state index contributed by atoms with van der Waals surface area (Å²) in [5.74, 6) is 0.745. The third kappa shape index (κ3) is 3.69. The van der Waals surface area contributed by atoms with E-state index in [4.69, 9.17) is 0 Å². The van der Waals surface area contributed by atoms with Gasteiger partial charge in [-0.2, -0.15) is 11.8 Å². The summed E-state index contributed by atoms with van der Waals surface area (Å²) >= 11 is 1.90. The highest BCUT2D eigenvalue weighted by Gasteiger charge is 2.22. The van der Waals surface area contributed by atoms with Gasteiger partial charge >= 0.3 is 0 Å². The highest BCUT2D eigenvalue weighted by Crippen LogP contribution is 2.21. The Morgan fingerprint density at radius 3 is 2.68 bits per heavy atom. The summed E-state index contributed by atoms with van der Waals surface area (Å²) in [4.78, 5) is 13.8. The number of likely N-dealkylation sites (N-methyl/N-ethyl adjacent to an activating group) is 1. The number of amides is 1. The number of nitrogens with zero attached hydrogens (tertiary/aromatic N) is 1. The van der Waals surface area contributed by atoms with E-state index in [1.807, 2.05) is 11.8 Å². The molecule has 0 aliphatic carbocycles. The summed E-state index contributed by atoms with van der Waals surface area (Å²) in [7, 11) is 1.77. The third-order valence-corrected chi connectivity index (χ3v) is 4.54. The van der Waals surface area contributed by atoms with Crippen LogP contribution in [0.1, 0.15) is 18.4 Å². The summed E-state index contributed by atoms with van der Waals surface area (Å²) in [5, 5.41) is 0. The first-order valence-electron chi connectivity index (χ1n) is 6.35. The molecule has 1 fully saturated rings. The lowest BCUT2D eigenvalue weighted by Gasteiger charge is -2.31. The number of benzene rings is 1. The summed E-state index contributed by atoms with van der Waals surface area (Å²) < 4.78 is 26.3. The van der Waals surface area contributed by atoms with Crippen LogP contribution in [0.5, 0.6) is 0 Å². The van der Waals surface area contributed by atoms with E-state index in [1.165, 1.54) is 12.1 Å². The number of rotatable bonds is 3. The van der Waals surface area contributed by atoms with Gasteiger partial charge in [-0.15, -0.1) is 0 Å². The van der Waals surface area contributed by atoms with Crippen LogP contribution >= 0.6 is 11.8 Å². The minimum Gasteiger partial charge on any atom is -0.342 e. The van der Waals surface area contributed by atoms with Gasteiger partial charge in [0, 0.05) is 19.2 Å². The zero-order valence-corrected chi connectivity index (χ0v) is 11.7. The second-order valence-electron chi connectivity index (χ2n) is 4.76. The highest BCUT2D eigenvalue weighted by atomic mass is 32.2. The molecular formula is C14H17F2NOS. The van der Waals surface area contributed by atoms with E-state index < -0.39 is 11.6 Å². The molecule has 0 spiro atoms. The second kappa shape index (κ2) is 6.37. The summed E-state index contributed by atoms with van der Waals surface area (Å²) in [5.41, 5.74) is 0.253. The van der Waals surface area contributed by atoms with Crippen molar-refractivity contribution in [1.82, 2.24) is 4.90 Å². The minimum absolute atomic E-state index is 0.00768. The Morgan fingerprint density at radius 1 is 1.37 bits per heavy atom. The maximum atomic E-state index is 13.5. The molecule has 1 saturated heterocycles. The molecule has 19 heavy (non-hydrogen) atoms. The van der Waals surface area contributed by atoms with Crippen LogP contribution in [0.4, 0.5) is 8.78 Å². The fourth-order valence-electron chi connectivity index (χ4n) is 2.23. The lowest BCUT2D eigenvalue weighted by molar-refractivity contribution is -0.131. The molecule has 0 unspecified atom stereocenters. The van der Waals surface area contributed by atoms with Gasteiger partial charge in [-0.25, -0.2) is 8.78 Å². The van der Waals surface area contributed by atoms with Gasteiger partial charge in [0.05, 0.1) is 6.42 Å². The summed E-state index contributed by atoms with van der Waals surface area (Å²) in [6.45, 7) is 0. The smallest absolute Gasteiger partial charge is 0.227 e. The fraction of sp³-hybridized carbons (Fsp3) is 0.500. The zero-order chi connectivity index (χ0) is 13.8. The van der Waals surface area contributed by atoms with Crippen LogP contribution in [0.3, 0.4) is 0 Å². The van der Waals surface area contributed by atoms with Crippen molar-refractivity contribution in [2.75, 3.05) is 18.6 Å². The van der Waals surface area contributed by atoms with Crippen LogP contribution in [0.2, 0.25) is 0 Å². The van der Waals surface area contributed by atoms with Gasteiger partial charge in [-0.3, -0.25) is 4.79 Å². The van der Waals surface area contributed by atoms with Gasteiger partial charge in [0.1, 0.15) is 11.6 Å². The van der Waals surface area contributed by atoms with Crippen molar-refractivity contribution in [1.29, 1.82) is 0 Å². The molecule has 0 bridgehead atoms. The van der Waals surface area contributed by atoms with Gasteiger partial charge in [0.15, 0.2) is 0 Å². The zero-order valence-electron chi connectivity index (χ0n) is 10.9. The molecule has 0 radical (unpaired) electrons. The molecule has 0 aromatic heterocycles. The molecule has 1 aliphatic rings. The molecule has 0 saturated carbocycles. The van der Waals surface area contributed by atoms with E-state index >= 15 is 0 Å². The van der Waals surface area contributed by atoms with Crippen molar-refractivity contribution >= 4 is 17.7 Å². The van der Waals surface area contributed by atoms with Crippen molar-refractivity contribution < 1.29 is 13.6 Å². The van der Waals surface area contributed by atoms with Crippen LogP contribution in [-0.4, -0.2) is 35.4 Å². The Kier molecular flexibility index (Phi) is 4.80. The van der Waals surface area contributed by atoms with Crippen molar-refractivity contribution in [2.24, 2.45) is 0 Å². The average Bonchev–Trinajstić information content (AvgIpc) is 2.42. The molecule has 1 heterocycles. The molecule has 104 valence electrons. The number of halogens is 2. The number of hydrogen-bond donors (Lipinski definition) is 0. The molecule has 2 nitrogen and oxygen atoms in total. The van der Waals surface area contributed by atoms with E-state index in [0.717, 1.165) is 30.4 Å². The molecule has 1 aromatic rings. The molecule has 1 amide bonds. The maximum absolute atomic E-state index is 13.5. The molecule has 5 heteroatoms. The van der Waals surface area contributed by atoms with Crippen molar-refractivity contribution in [3.8, 4) is 0 Å². The van der Waals surface area contributed by atoms with E-state index in [2.05, 4.69) is 0 Å². The highest BCUT2D eigenvalue weighted by molar-refractivity contribution is 7.99. The number of carbonyl (C=O) groups excluding carboxylic acids is 1. The van der Waals surface area contributed by atoms with Crippen LogP contribution in [0, 0.1) is 11.6 Å². The lowest BCUT2D eigenvalue weighted by atomic mass is 10.1. The molecule has 1 aliphatic heterocycles. The second-order valence-corrected chi connectivity index (χ2v) is 5.99. The van der Waals surface area contributed by atoms with Crippen molar-refractivity contribution in [2.45, 2.75) is 25.3 Å². The molecule has 0 N–H and O–H groups in total. The Morgan fingerprint density at radius 2 is 2.05 bits per heavy atom. The fourth-order valence-corrected chi connectivity index (χ4v) is 3.31. The molecule has 0 atom stereocenters. The lowest BCUT2D eigenvalue weighted by Crippen LogP contribution is -2.40. The van der Waals surface area contributed by atoms with Crippen molar-refractivity contribution in [3.05, 3.63) is 35.4 Å². The predicted molar refractivity (Wildman–Crippen MR) is 73.2 cm³/mol. The minimum atomic E-state index is -0.652. The van der Waals surface area contributed by atoms with Gasteiger partial charge in [0.2, 0.25) is 5.91 Å². The predicted octanol–water partition coefficient (Wildman–Crippen LogP) is 2.86. The number of thioether (sulfide) groups is 1. The number of carbonyl (C=O) groups is 1. The van der Waals surface area contributed by atoms with E-state index in [9.17, 15) is 13.6 Å². The maximum Gasteiger partial charge on any atom is 0.227 e. The van der Waals surface area contributed by atoms with Crippen LogP contribution in [0.25, 0.3) is 0 Å². The average molecular weight is 285 g/mol. The Labute approximate surface area is 116 Å². The summed E-state index contributed by atoms with van der Waals surface area (Å²) in [6.07, 6.45) is 1.96. The SMILES string of the molecule is CN(C(=O)Cc1ccc(F)cc1F)C1CCSCC1. The standard InChI is InChI=1S/C14H17F2NOS/c1-17(12-4-6-19-7-5-12)14(18)8-10-2-3-11(15)9-13(10)16/h2-3,9,12H,4-8H2,1H3. The van der Waals surface area contributed by atoms with Crippen molar-refractivity contribution in [3.63, 3.8) is 0 Å². The van der Waals surface area contributed by atoms with Crippen LogP contribution in [0.15, 0.2) is 18.2 Å².